The number of rotatable bonds is 5. The fourth-order valence-corrected chi connectivity index (χ4v) is 2.21. The van der Waals surface area contributed by atoms with E-state index in [4.69, 9.17) is 9.26 Å². The summed E-state index contributed by atoms with van der Waals surface area (Å²) in [7, 11) is 1.56. The molecule has 3 aromatic rings. The van der Waals surface area contributed by atoms with E-state index in [1.807, 2.05) is 18.2 Å². The molecule has 0 saturated heterocycles. The number of carbonyl (C=O) groups is 1. The van der Waals surface area contributed by atoms with Gasteiger partial charge in [-0.25, -0.2) is 0 Å². The van der Waals surface area contributed by atoms with Crippen molar-refractivity contribution in [2.75, 3.05) is 7.11 Å². The topological polar surface area (TPSA) is 106 Å². The molecule has 8 nitrogen and oxygen atoms in total. The number of benzene rings is 1. The number of hydrogen-bond donors (Lipinski definition) is 2. The predicted molar refractivity (Wildman–Crippen MR) is 79.9 cm³/mol. The molecule has 0 aliphatic heterocycles. The van der Waals surface area contributed by atoms with Gasteiger partial charge in [-0.3, -0.25) is 9.89 Å². The van der Waals surface area contributed by atoms with Crippen LogP contribution < -0.4 is 10.1 Å². The van der Waals surface area contributed by atoms with E-state index in [1.54, 1.807) is 26.2 Å². The Morgan fingerprint density at radius 2 is 2.17 bits per heavy atom. The third kappa shape index (κ3) is 3.05. The van der Waals surface area contributed by atoms with Crippen LogP contribution in [0.2, 0.25) is 0 Å². The first-order valence-corrected chi connectivity index (χ1v) is 6.92. The smallest absolute Gasteiger partial charge is 0.270 e. The lowest BCUT2D eigenvalue weighted by atomic mass is 10.0. The van der Waals surface area contributed by atoms with E-state index in [-0.39, 0.29) is 5.91 Å². The Bertz CT molecular complexity index is 797. The average Bonchev–Trinajstić information content (AvgIpc) is 3.24. The molecule has 2 heterocycles. The lowest BCUT2D eigenvalue weighted by Crippen LogP contribution is -2.30. The highest BCUT2D eigenvalue weighted by atomic mass is 16.5. The van der Waals surface area contributed by atoms with Crippen molar-refractivity contribution < 1.29 is 14.1 Å². The lowest BCUT2D eigenvalue weighted by Gasteiger charge is -2.18. The molecule has 1 amide bonds. The summed E-state index contributed by atoms with van der Waals surface area (Å²) < 4.78 is 10.4. The summed E-state index contributed by atoms with van der Waals surface area (Å²) in [6, 6.07) is 8.30. The summed E-state index contributed by atoms with van der Waals surface area (Å²) in [4.78, 5) is 16.6. The number of ether oxygens (including phenoxy) is 1. The van der Waals surface area contributed by atoms with E-state index in [0.29, 0.717) is 23.2 Å². The second kappa shape index (κ2) is 6.30. The van der Waals surface area contributed by atoms with Crippen molar-refractivity contribution >= 4 is 5.91 Å². The molecule has 3 rings (SSSR count). The van der Waals surface area contributed by atoms with Crippen molar-refractivity contribution in [1.29, 1.82) is 0 Å². The van der Waals surface area contributed by atoms with Crippen molar-refractivity contribution in [2.45, 2.75) is 13.0 Å². The average molecular weight is 313 g/mol. The fraction of sp³-hybridized carbons (Fsp3) is 0.200. The summed E-state index contributed by atoms with van der Waals surface area (Å²) >= 11 is 0. The monoisotopic (exact) mass is 313 g/mol. The van der Waals surface area contributed by atoms with Gasteiger partial charge in [-0.05, 0) is 12.1 Å². The van der Waals surface area contributed by atoms with E-state index in [9.17, 15) is 4.79 Å². The Labute approximate surface area is 131 Å². The molecular weight excluding hydrogens is 298 g/mol. The predicted octanol–water partition coefficient (Wildman–Crippen LogP) is 1.63. The quantitative estimate of drug-likeness (QED) is 0.741. The lowest BCUT2D eigenvalue weighted by molar-refractivity contribution is 0.0935. The second-order valence-corrected chi connectivity index (χ2v) is 4.79. The highest BCUT2D eigenvalue weighted by Crippen LogP contribution is 2.28. The molecule has 2 aromatic heterocycles. The molecule has 23 heavy (non-hydrogen) atoms. The highest BCUT2D eigenvalue weighted by Gasteiger charge is 2.25. The molecular formula is C15H15N5O3. The zero-order valence-electron chi connectivity index (χ0n) is 12.6. The first kappa shape index (κ1) is 14.8. The number of hydrogen-bond acceptors (Lipinski definition) is 6. The number of H-pyrrole nitrogens is 1. The molecule has 0 fully saturated rings. The number of para-hydroxylation sites is 1. The minimum atomic E-state index is -0.612. The minimum absolute atomic E-state index is 0.333. The van der Waals surface area contributed by atoms with Gasteiger partial charge in [0.1, 0.15) is 17.5 Å². The number of aromatic nitrogens is 4. The molecule has 0 radical (unpaired) electrons. The van der Waals surface area contributed by atoms with Crippen molar-refractivity contribution in [2.24, 2.45) is 0 Å². The van der Waals surface area contributed by atoms with Gasteiger partial charge in [0.15, 0.2) is 5.82 Å². The normalized spacial score (nSPS) is 11.9. The van der Waals surface area contributed by atoms with Crippen LogP contribution in [-0.2, 0) is 0 Å². The first-order valence-electron chi connectivity index (χ1n) is 6.92. The molecule has 8 heteroatoms. The molecule has 0 aliphatic carbocycles. The molecule has 0 bridgehead atoms. The Morgan fingerprint density at radius 1 is 1.35 bits per heavy atom. The van der Waals surface area contributed by atoms with E-state index in [1.165, 1.54) is 6.20 Å². The van der Waals surface area contributed by atoms with Gasteiger partial charge in [-0.15, -0.1) is 0 Å². The van der Waals surface area contributed by atoms with E-state index in [0.717, 1.165) is 5.56 Å². The van der Waals surface area contributed by atoms with E-state index < -0.39 is 6.04 Å². The van der Waals surface area contributed by atoms with Crippen LogP contribution in [0.1, 0.15) is 33.8 Å². The van der Waals surface area contributed by atoms with E-state index >= 15 is 0 Å². The molecule has 1 atom stereocenters. The number of methoxy groups -OCH3 is 1. The third-order valence-electron chi connectivity index (χ3n) is 3.27. The summed E-state index contributed by atoms with van der Waals surface area (Å²) in [6.07, 6.45) is 1.51. The Balaban J connectivity index is 1.99. The van der Waals surface area contributed by atoms with Gasteiger partial charge < -0.3 is 14.6 Å². The van der Waals surface area contributed by atoms with E-state index in [2.05, 4.69) is 25.7 Å². The number of aromatic amines is 1. The third-order valence-corrected chi connectivity index (χ3v) is 3.27. The molecule has 0 saturated carbocycles. The zero-order valence-corrected chi connectivity index (χ0v) is 12.6. The van der Waals surface area contributed by atoms with Gasteiger partial charge in [-0.1, -0.05) is 23.4 Å². The largest absolute Gasteiger partial charge is 0.496 e. The summed E-state index contributed by atoms with van der Waals surface area (Å²) in [5.74, 6) is 1.04. The first-order chi connectivity index (χ1) is 11.2. The van der Waals surface area contributed by atoms with Crippen LogP contribution in [0.4, 0.5) is 0 Å². The van der Waals surface area contributed by atoms with Gasteiger partial charge in [0, 0.05) is 18.7 Å². The second-order valence-electron chi connectivity index (χ2n) is 4.79. The molecule has 2 N–H and O–H groups in total. The number of carbonyl (C=O) groups excluding carboxylic acids is 1. The van der Waals surface area contributed by atoms with Crippen molar-refractivity contribution in [1.82, 2.24) is 25.7 Å². The maximum absolute atomic E-state index is 12.4. The SMILES string of the molecule is COc1ccccc1[C@H](NC(=O)c1ccn[nH]1)c1noc(C)n1. The van der Waals surface area contributed by atoms with Gasteiger partial charge in [0.2, 0.25) is 5.89 Å². The summed E-state index contributed by atoms with van der Waals surface area (Å²) in [6.45, 7) is 1.69. The van der Waals surface area contributed by atoms with Crippen molar-refractivity contribution in [3.8, 4) is 5.75 Å². The van der Waals surface area contributed by atoms with Gasteiger partial charge >= 0.3 is 0 Å². The maximum atomic E-state index is 12.4. The molecule has 0 unspecified atom stereocenters. The molecule has 0 spiro atoms. The summed E-state index contributed by atoms with van der Waals surface area (Å²) in [5.41, 5.74) is 1.06. The Morgan fingerprint density at radius 3 is 2.83 bits per heavy atom. The van der Waals surface area contributed by atoms with Crippen molar-refractivity contribution in [3.05, 3.63) is 59.5 Å². The fourth-order valence-electron chi connectivity index (χ4n) is 2.21. The highest BCUT2D eigenvalue weighted by molar-refractivity contribution is 5.92. The van der Waals surface area contributed by atoms with Crippen LogP contribution in [-0.4, -0.2) is 33.4 Å². The standard InChI is InChI=1S/C15H15N5O3/c1-9-17-14(20-23-9)13(10-5-3-4-6-12(10)22-2)18-15(21)11-7-8-16-19-11/h3-8,13H,1-2H3,(H,16,19)(H,18,21)/t13-/m0/s1. The van der Waals surface area contributed by atoms with Crippen LogP contribution in [0, 0.1) is 6.92 Å². The maximum Gasteiger partial charge on any atom is 0.270 e. The Hall–Kier alpha value is -3.16. The summed E-state index contributed by atoms with van der Waals surface area (Å²) in [5, 5.41) is 13.2. The van der Waals surface area contributed by atoms with Gasteiger partial charge in [0.05, 0.1) is 7.11 Å². The number of nitrogens with zero attached hydrogens (tertiary/aromatic N) is 3. The number of amides is 1. The Kier molecular flexibility index (Phi) is 4.05. The number of nitrogens with one attached hydrogen (secondary N) is 2. The van der Waals surface area contributed by atoms with Gasteiger partial charge in [-0.2, -0.15) is 10.1 Å². The van der Waals surface area contributed by atoms with Crippen LogP contribution in [0.5, 0.6) is 5.75 Å². The van der Waals surface area contributed by atoms with Crippen LogP contribution in [0.3, 0.4) is 0 Å². The molecule has 0 aliphatic rings. The minimum Gasteiger partial charge on any atom is -0.496 e. The van der Waals surface area contributed by atoms with Crippen LogP contribution in [0.15, 0.2) is 41.1 Å². The van der Waals surface area contributed by atoms with Gasteiger partial charge in [0.25, 0.3) is 5.91 Å². The molecule has 118 valence electrons. The number of aryl methyl sites for hydroxylation is 1. The van der Waals surface area contributed by atoms with Crippen LogP contribution >= 0.6 is 0 Å². The zero-order chi connectivity index (χ0) is 16.2. The van der Waals surface area contributed by atoms with Crippen molar-refractivity contribution in [3.63, 3.8) is 0 Å². The van der Waals surface area contributed by atoms with Crippen LogP contribution in [0.25, 0.3) is 0 Å². The molecule has 1 aromatic carbocycles.